The molecule has 0 bridgehead atoms. The van der Waals surface area contributed by atoms with Crippen LogP contribution in [0.2, 0.25) is 0 Å². The Kier molecular flexibility index (Phi) is 4.85. The van der Waals surface area contributed by atoms with Gasteiger partial charge in [0, 0.05) is 22.3 Å². The lowest BCUT2D eigenvalue weighted by Gasteiger charge is -2.09. The maximum atomic E-state index is 12.9. The fourth-order valence-corrected chi connectivity index (χ4v) is 4.82. The van der Waals surface area contributed by atoms with Crippen molar-refractivity contribution in [3.63, 3.8) is 0 Å². The molecule has 2 N–H and O–H groups in total. The number of anilines is 1. The van der Waals surface area contributed by atoms with E-state index >= 15 is 0 Å². The van der Waals surface area contributed by atoms with E-state index in [1.807, 2.05) is 6.07 Å². The van der Waals surface area contributed by atoms with Crippen LogP contribution in [-0.2, 0) is 27.6 Å². The minimum absolute atomic E-state index is 0.225. The molecular formula is C21H22N2O4S. The average molecular weight is 398 g/mol. The highest BCUT2D eigenvalue weighted by atomic mass is 32.2. The van der Waals surface area contributed by atoms with Crippen LogP contribution in [0.4, 0.5) is 5.69 Å². The van der Waals surface area contributed by atoms with Gasteiger partial charge < -0.3 is 9.72 Å². The van der Waals surface area contributed by atoms with E-state index in [9.17, 15) is 13.2 Å². The maximum Gasteiger partial charge on any atom is 0.337 e. The average Bonchev–Trinajstić information content (AvgIpc) is 2.87. The van der Waals surface area contributed by atoms with Gasteiger partial charge in [-0.1, -0.05) is 6.42 Å². The van der Waals surface area contributed by atoms with Crippen molar-refractivity contribution in [2.75, 3.05) is 11.8 Å². The van der Waals surface area contributed by atoms with Gasteiger partial charge >= 0.3 is 5.97 Å². The van der Waals surface area contributed by atoms with Crippen LogP contribution in [0.15, 0.2) is 47.4 Å². The van der Waals surface area contributed by atoms with Gasteiger partial charge in [-0.05, 0) is 73.7 Å². The van der Waals surface area contributed by atoms with Crippen molar-refractivity contribution in [1.82, 2.24) is 4.98 Å². The lowest BCUT2D eigenvalue weighted by atomic mass is 10.1. The molecule has 1 aromatic heterocycles. The molecule has 0 aliphatic heterocycles. The summed E-state index contributed by atoms with van der Waals surface area (Å²) < 4.78 is 33.0. The Balaban J connectivity index is 1.64. The highest BCUT2D eigenvalue weighted by Gasteiger charge is 2.19. The van der Waals surface area contributed by atoms with E-state index in [2.05, 4.69) is 14.4 Å². The normalized spacial score (nSPS) is 14.3. The third-order valence-corrected chi connectivity index (χ3v) is 6.57. The highest BCUT2D eigenvalue weighted by molar-refractivity contribution is 7.92. The van der Waals surface area contributed by atoms with Crippen LogP contribution >= 0.6 is 0 Å². The largest absolute Gasteiger partial charge is 0.465 e. The Labute approximate surface area is 164 Å². The molecule has 0 saturated carbocycles. The number of aryl methyl sites for hydroxylation is 2. The Morgan fingerprint density at radius 3 is 2.54 bits per heavy atom. The van der Waals surface area contributed by atoms with Crippen LogP contribution in [0, 0.1) is 0 Å². The zero-order valence-corrected chi connectivity index (χ0v) is 16.4. The Bertz CT molecular complexity index is 1130. The summed E-state index contributed by atoms with van der Waals surface area (Å²) in [6.07, 6.45) is 5.47. The number of benzene rings is 2. The van der Waals surface area contributed by atoms with Crippen molar-refractivity contribution in [2.45, 2.75) is 37.0 Å². The number of nitrogens with one attached hydrogen (secondary N) is 2. The molecule has 1 aliphatic carbocycles. The zero-order chi connectivity index (χ0) is 19.7. The van der Waals surface area contributed by atoms with E-state index < -0.39 is 16.0 Å². The molecule has 0 radical (unpaired) electrons. The number of aromatic amines is 1. The number of aromatic nitrogens is 1. The number of methoxy groups -OCH3 is 1. The summed E-state index contributed by atoms with van der Waals surface area (Å²) in [6, 6.07) is 11.3. The number of H-pyrrole nitrogens is 1. The van der Waals surface area contributed by atoms with E-state index in [4.69, 9.17) is 0 Å². The van der Waals surface area contributed by atoms with Crippen LogP contribution in [0.5, 0.6) is 0 Å². The summed E-state index contributed by atoms with van der Waals surface area (Å²) in [6.45, 7) is 0. The van der Waals surface area contributed by atoms with Crippen LogP contribution in [-0.4, -0.2) is 26.5 Å². The molecule has 0 fully saturated rings. The zero-order valence-electron chi connectivity index (χ0n) is 15.6. The number of esters is 1. The Morgan fingerprint density at radius 2 is 1.79 bits per heavy atom. The van der Waals surface area contributed by atoms with Crippen molar-refractivity contribution >= 4 is 32.6 Å². The lowest BCUT2D eigenvalue weighted by Crippen LogP contribution is -2.13. The first-order valence-corrected chi connectivity index (χ1v) is 10.8. The summed E-state index contributed by atoms with van der Waals surface area (Å²) in [5, 5.41) is 0.987. The summed E-state index contributed by atoms with van der Waals surface area (Å²) in [5.74, 6) is -0.465. The monoisotopic (exact) mass is 398 g/mol. The van der Waals surface area contributed by atoms with Crippen molar-refractivity contribution in [2.24, 2.45) is 0 Å². The lowest BCUT2D eigenvalue weighted by molar-refractivity contribution is 0.0601. The van der Waals surface area contributed by atoms with Gasteiger partial charge in [0.1, 0.15) is 0 Å². The number of carbonyl (C=O) groups excluding carboxylic acids is 1. The number of hydrogen-bond donors (Lipinski definition) is 2. The van der Waals surface area contributed by atoms with Gasteiger partial charge in [0.05, 0.1) is 17.6 Å². The number of hydrogen-bond acceptors (Lipinski definition) is 4. The van der Waals surface area contributed by atoms with Crippen molar-refractivity contribution in [1.29, 1.82) is 0 Å². The van der Waals surface area contributed by atoms with Crippen LogP contribution in [0.1, 0.15) is 40.9 Å². The molecule has 1 aliphatic rings. The summed E-state index contributed by atoms with van der Waals surface area (Å²) >= 11 is 0. The van der Waals surface area contributed by atoms with Gasteiger partial charge in [-0.15, -0.1) is 0 Å². The molecular weight excluding hydrogens is 376 g/mol. The first-order valence-electron chi connectivity index (χ1n) is 9.32. The molecule has 4 rings (SSSR count). The molecule has 146 valence electrons. The molecule has 0 atom stereocenters. The third-order valence-electron chi connectivity index (χ3n) is 5.19. The third kappa shape index (κ3) is 3.49. The predicted octanol–water partition coefficient (Wildman–Crippen LogP) is 4.02. The van der Waals surface area contributed by atoms with Gasteiger partial charge in [-0.2, -0.15) is 0 Å². The number of fused-ring (bicyclic) bond motifs is 3. The molecule has 0 spiro atoms. The van der Waals surface area contributed by atoms with Gasteiger partial charge in [0.25, 0.3) is 10.0 Å². The van der Waals surface area contributed by atoms with E-state index in [0.717, 1.165) is 36.6 Å². The van der Waals surface area contributed by atoms with Crippen molar-refractivity contribution in [3.05, 3.63) is 59.3 Å². The number of carbonyl (C=O) groups is 1. The molecule has 6 nitrogen and oxygen atoms in total. The quantitative estimate of drug-likeness (QED) is 0.513. The number of sulfonamides is 1. The van der Waals surface area contributed by atoms with E-state index in [1.54, 1.807) is 24.3 Å². The summed E-state index contributed by atoms with van der Waals surface area (Å²) in [7, 11) is -2.43. The predicted molar refractivity (Wildman–Crippen MR) is 108 cm³/mol. The van der Waals surface area contributed by atoms with Crippen molar-refractivity contribution in [3.8, 4) is 0 Å². The Morgan fingerprint density at radius 1 is 1.04 bits per heavy atom. The fraction of sp³-hybridized carbons (Fsp3) is 0.286. The van der Waals surface area contributed by atoms with Gasteiger partial charge in [0.2, 0.25) is 0 Å². The molecule has 3 aromatic rings. The highest BCUT2D eigenvalue weighted by Crippen LogP contribution is 2.30. The first kappa shape index (κ1) is 18.6. The second kappa shape index (κ2) is 7.31. The molecule has 0 unspecified atom stereocenters. The minimum Gasteiger partial charge on any atom is -0.465 e. The topological polar surface area (TPSA) is 88.3 Å². The van der Waals surface area contributed by atoms with E-state index in [0.29, 0.717) is 11.3 Å². The standard InChI is InChI=1S/C21H22N2O4S/c1-27-21(24)14-7-9-15(10-8-14)23-28(25,26)16-11-12-20-18(13-16)17-5-3-2-4-6-19(17)22-20/h7-13,22-23H,2-6H2,1H3. The maximum absolute atomic E-state index is 12.9. The molecule has 0 saturated heterocycles. The van der Waals surface area contributed by atoms with Crippen molar-refractivity contribution < 1.29 is 17.9 Å². The van der Waals surface area contributed by atoms with Gasteiger partial charge in [-0.25, -0.2) is 13.2 Å². The van der Waals surface area contributed by atoms with Crippen LogP contribution < -0.4 is 4.72 Å². The van der Waals surface area contributed by atoms with Gasteiger partial charge in [0.15, 0.2) is 0 Å². The first-order chi connectivity index (χ1) is 13.5. The molecule has 0 amide bonds. The molecule has 1 heterocycles. The number of rotatable bonds is 4. The summed E-state index contributed by atoms with van der Waals surface area (Å²) in [5.41, 5.74) is 4.20. The minimum atomic E-state index is -3.74. The van der Waals surface area contributed by atoms with Gasteiger partial charge in [-0.3, -0.25) is 4.72 Å². The number of ether oxygens (including phenoxy) is 1. The van der Waals surface area contributed by atoms with Crippen LogP contribution in [0.25, 0.3) is 10.9 Å². The molecule has 28 heavy (non-hydrogen) atoms. The second-order valence-electron chi connectivity index (χ2n) is 7.02. The van der Waals surface area contributed by atoms with E-state index in [-0.39, 0.29) is 4.90 Å². The fourth-order valence-electron chi connectivity index (χ4n) is 3.74. The smallest absolute Gasteiger partial charge is 0.337 e. The molecule has 7 heteroatoms. The van der Waals surface area contributed by atoms with Crippen LogP contribution in [0.3, 0.4) is 0 Å². The summed E-state index contributed by atoms with van der Waals surface area (Å²) in [4.78, 5) is 15.2. The molecule has 2 aromatic carbocycles. The Hall–Kier alpha value is -2.80. The SMILES string of the molecule is COC(=O)c1ccc(NS(=O)(=O)c2ccc3[nH]c4c(c3c2)CCCCC4)cc1. The van der Waals surface area contributed by atoms with E-state index in [1.165, 1.54) is 36.9 Å². The second-order valence-corrected chi connectivity index (χ2v) is 8.71.